The molecule has 0 unspecified atom stereocenters. The molecule has 2 heterocycles. The van der Waals surface area contributed by atoms with E-state index < -0.39 is 10.0 Å². The molecule has 110 valence electrons. The Bertz CT molecular complexity index is 688. The number of rotatable bonds is 6. The molecule has 0 aliphatic heterocycles. The maximum Gasteiger partial charge on any atom is 0.272 e. The standard InChI is InChI=1S/C12H18N4O2S2/c1-4-13-8-10-9(2)7-12(19-10)20(17,18)15-11-5-6-16(3)14-11/h5-7,13H,4,8H2,1-3H3,(H,14,15). The summed E-state index contributed by atoms with van der Waals surface area (Å²) < 4.78 is 28.9. The molecule has 0 fully saturated rings. The van der Waals surface area contributed by atoms with Crippen molar-refractivity contribution in [1.82, 2.24) is 15.1 Å². The van der Waals surface area contributed by atoms with Crippen LogP contribution in [0.4, 0.5) is 5.82 Å². The van der Waals surface area contributed by atoms with Crippen molar-refractivity contribution < 1.29 is 8.42 Å². The van der Waals surface area contributed by atoms with Gasteiger partial charge in [0.15, 0.2) is 5.82 Å². The molecular weight excluding hydrogens is 296 g/mol. The van der Waals surface area contributed by atoms with Gasteiger partial charge >= 0.3 is 0 Å². The summed E-state index contributed by atoms with van der Waals surface area (Å²) in [5.41, 5.74) is 0.984. The molecule has 0 saturated carbocycles. The van der Waals surface area contributed by atoms with Gasteiger partial charge in [0.25, 0.3) is 10.0 Å². The molecule has 2 N–H and O–H groups in total. The van der Waals surface area contributed by atoms with Crippen LogP contribution in [0.3, 0.4) is 0 Å². The van der Waals surface area contributed by atoms with Crippen molar-refractivity contribution in [3.63, 3.8) is 0 Å². The molecule has 0 saturated heterocycles. The second-order valence-electron chi connectivity index (χ2n) is 4.43. The number of aromatic nitrogens is 2. The van der Waals surface area contributed by atoms with E-state index in [-0.39, 0.29) is 0 Å². The third kappa shape index (κ3) is 3.38. The summed E-state index contributed by atoms with van der Waals surface area (Å²) in [6.45, 7) is 5.48. The lowest BCUT2D eigenvalue weighted by Crippen LogP contribution is -2.12. The number of nitrogens with zero attached hydrogens (tertiary/aromatic N) is 2. The van der Waals surface area contributed by atoms with Crippen molar-refractivity contribution in [2.45, 2.75) is 24.6 Å². The molecule has 0 spiro atoms. The molecule has 0 bridgehead atoms. The number of sulfonamides is 1. The number of hydrogen-bond donors (Lipinski definition) is 2. The zero-order valence-electron chi connectivity index (χ0n) is 11.7. The summed E-state index contributed by atoms with van der Waals surface area (Å²) in [5.74, 6) is 0.326. The summed E-state index contributed by atoms with van der Waals surface area (Å²) in [7, 11) is -1.82. The Balaban J connectivity index is 2.21. The third-order valence-corrected chi connectivity index (χ3v) is 5.82. The van der Waals surface area contributed by atoms with Gasteiger partial charge in [-0.2, -0.15) is 5.10 Å². The van der Waals surface area contributed by atoms with Gasteiger partial charge in [-0.15, -0.1) is 11.3 Å². The largest absolute Gasteiger partial charge is 0.312 e. The van der Waals surface area contributed by atoms with Gasteiger partial charge in [-0.25, -0.2) is 8.42 Å². The van der Waals surface area contributed by atoms with Gasteiger partial charge in [0.05, 0.1) is 0 Å². The molecule has 2 rings (SSSR count). The van der Waals surface area contributed by atoms with Crippen LogP contribution in [0.1, 0.15) is 17.4 Å². The van der Waals surface area contributed by atoms with Gasteiger partial charge in [0, 0.05) is 30.7 Å². The summed E-state index contributed by atoms with van der Waals surface area (Å²) in [6, 6.07) is 3.32. The SMILES string of the molecule is CCNCc1sc(S(=O)(=O)Nc2ccn(C)n2)cc1C. The maximum absolute atomic E-state index is 12.3. The average Bonchev–Trinajstić information content (AvgIpc) is 2.93. The quantitative estimate of drug-likeness (QED) is 0.851. The molecular formula is C12H18N4O2S2. The molecule has 2 aromatic rings. The molecule has 8 heteroatoms. The lowest BCUT2D eigenvalue weighted by molar-refractivity contribution is 0.602. The summed E-state index contributed by atoms with van der Waals surface area (Å²) in [6.07, 6.45) is 1.69. The van der Waals surface area contributed by atoms with Crippen LogP contribution in [-0.4, -0.2) is 24.7 Å². The van der Waals surface area contributed by atoms with Crippen LogP contribution in [0.2, 0.25) is 0 Å². The fourth-order valence-corrected chi connectivity index (χ4v) is 4.25. The summed E-state index contributed by atoms with van der Waals surface area (Å²) in [4.78, 5) is 1.04. The Labute approximate surface area is 122 Å². The molecule has 0 amide bonds. The Morgan fingerprint density at radius 1 is 1.45 bits per heavy atom. The van der Waals surface area contributed by atoms with Gasteiger partial charge in [-0.05, 0) is 25.1 Å². The van der Waals surface area contributed by atoms with E-state index in [1.807, 2.05) is 13.8 Å². The normalized spacial score (nSPS) is 11.8. The van der Waals surface area contributed by atoms with Gasteiger partial charge in [-0.3, -0.25) is 9.40 Å². The van der Waals surface area contributed by atoms with Crippen molar-refractivity contribution in [2.75, 3.05) is 11.3 Å². The van der Waals surface area contributed by atoms with Crippen molar-refractivity contribution in [3.05, 3.63) is 28.8 Å². The van der Waals surface area contributed by atoms with Gasteiger partial charge in [0.2, 0.25) is 0 Å². The summed E-state index contributed by atoms with van der Waals surface area (Å²) in [5, 5.41) is 7.22. The first-order chi connectivity index (χ1) is 9.42. The average molecular weight is 314 g/mol. The lowest BCUT2D eigenvalue weighted by atomic mass is 10.3. The monoisotopic (exact) mass is 314 g/mol. The van der Waals surface area contributed by atoms with Crippen LogP contribution in [0.5, 0.6) is 0 Å². The lowest BCUT2D eigenvalue weighted by Gasteiger charge is -2.02. The van der Waals surface area contributed by atoms with Crippen LogP contribution in [-0.2, 0) is 23.6 Å². The molecule has 0 radical (unpaired) electrons. The van der Waals surface area contributed by atoms with Gasteiger partial charge < -0.3 is 5.32 Å². The van der Waals surface area contributed by atoms with E-state index >= 15 is 0 Å². The Kier molecular flexibility index (Phi) is 4.46. The van der Waals surface area contributed by atoms with E-state index in [1.54, 1.807) is 30.1 Å². The predicted octanol–water partition coefficient (Wildman–Crippen LogP) is 1.70. The number of thiophene rings is 1. The van der Waals surface area contributed by atoms with Crippen LogP contribution in [0, 0.1) is 6.92 Å². The zero-order valence-corrected chi connectivity index (χ0v) is 13.3. The van der Waals surface area contributed by atoms with Crippen molar-refractivity contribution in [1.29, 1.82) is 0 Å². The molecule has 6 nitrogen and oxygen atoms in total. The fraction of sp³-hybridized carbons (Fsp3) is 0.417. The molecule has 0 aliphatic carbocycles. The minimum absolute atomic E-state index is 0.313. The Hall–Kier alpha value is -1.38. The number of anilines is 1. The van der Waals surface area contributed by atoms with E-state index in [2.05, 4.69) is 15.1 Å². The van der Waals surface area contributed by atoms with Gasteiger partial charge in [-0.1, -0.05) is 6.92 Å². The smallest absolute Gasteiger partial charge is 0.272 e. The Morgan fingerprint density at radius 3 is 2.80 bits per heavy atom. The third-order valence-electron chi connectivity index (χ3n) is 2.75. The predicted molar refractivity (Wildman–Crippen MR) is 80.5 cm³/mol. The minimum Gasteiger partial charge on any atom is -0.312 e. The first kappa shape index (κ1) is 15.0. The van der Waals surface area contributed by atoms with Crippen LogP contribution >= 0.6 is 11.3 Å². The van der Waals surface area contributed by atoms with E-state index in [9.17, 15) is 8.42 Å². The molecule has 0 aliphatic rings. The highest BCUT2D eigenvalue weighted by Gasteiger charge is 2.19. The van der Waals surface area contributed by atoms with E-state index in [0.29, 0.717) is 16.6 Å². The van der Waals surface area contributed by atoms with Crippen LogP contribution in [0.15, 0.2) is 22.5 Å². The number of nitrogens with one attached hydrogen (secondary N) is 2. The maximum atomic E-state index is 12.3. The van der Waals surface area contributed by atoms with Crippen molar-refractivity contribution in [2.24, 2.45) is 7.05 Å². The van der Waals surface area contributed by atoms with Crippen LogP contribution < -0.4 is 10.0 Å². The second kappa shape index (κ2) is 5.94. The topological polar surface area (TPSA) is 76.0 Å². The highest BCUT2D eigenvalue weighted by molar-refractivity contribution is 7.94. The zero-order chi connectivity index (χ0) is 14.8. The number of hydrogen-bond acceptors (Lipinski definition) is 5. The molecule has 2 aromatic heterocycles. The van der Waals surface area contributed by atoms with Crippen LogP contribution in [0.25, 0.3) is 0 Å². The van der Waals surface area contributed by atoms with Crippen molar-refractivity contribution in [3.8, 4) is 0 Å². The molecule has 20 heavy (non-hydrogen) atoms. The highest BCUT2D eigenvalue weighted by atomic mass is 32.2. The van der Waals surface area contributed by atoms with E-state index in [4.69, 9.17) is 0 Å². The van der Waals surface area contributed by atoms with E-state index in [0.717, 1.165) is 17.0 Å². The molecule has 0 aromatic carbocycles. The fourth-order valence-electron chi connectivity index (χ4n) is 1.69. The van der Waals surface area contributed by atoms with Crippen molar-refractivity contribution >= 4 is 27.2 Å². The Morgan fingerprint density at radius 2 is 2.20 bits per heavy atom. The summed E-state index contributed by atoms with van der Waals surface area (Å²) >= 11 is 1.28. The highest BCUT2D eigenvalue weighted by Crippen LogP contribution is 2.27. The minimum atomic E-state index is -3.56. The first-order valence-electron chi connectivity index (χ1n) is 6.25. The second-order valence-corrected chi connectivity index (χ2v) is 7.48. The molecule has 0 atom stereocenters. The van der Waals surface area contributed by atoms with Gasteiger partial charge in [0.1, 0.15) is 4.21 Å². The first-order valence-corrected chi connectivity index (χ1v) is 8.55. The van der Waals surface area contributed by atoms with E-state index in [1.165, 1.54) is 11.3 Å². The number of aryl methyl sites for hydroxylation is 2.